The van der Waals surface area contributed by atoms with E-state index in [1.807, 2.05) is 0 Å². The molecule has 0 unspecified atom stereocenters. The Bertz CT molecular complexity index is 1190. The lowest BCUT2D eigenvalue weighted by Gasteiger charge is -2.19. The summed E-state index contributed by atoms with van der Waals surface area (Å²) >= 11 is 1.10. The Morgan fingerprint density at radius 1 is 1.38 bits per heavy atom. The third-order valence-corrected chi connectivity index (χ3v) is 6.08. The first-order valence-corrected chi connectivity index (χ1v) is 9.33. The monoisotopic (exact) mass is 422 g/mol. The van der Waals surface area contributed by atoms with E-state index in [0.717, 1.165) is 17.4 Å². The molecule has 1 amide bonds. The number of hydrogen-bond acceptors (Lipinski definition) is 4. The molecule has 9 heteroatoms. The molecule has 0 fully saturated rings. The van der Waals surface area contributed by atoms with Crippen LogP contribution in [-0.4, -0.2) is 23.7 Å². The number of ether oxygens (including phenoxy) is 1. The second-order valence-corrected chi connectivity index (χ2v) is 7.84. The van der Waals surface area contributed by atoms with Crippen molar-refractivity contribution in [1.82, 2.24) is 4.98 Å². The summed E-state index contributed by atoms with van der Waals surface area (Å²) in [5.41, 5.74) is 3.27. The number of benzene rings is 1. The Morgan fingerprint density at radius 2 is 2.10 bits per heavy atom. The fourth-order valence-electron chi connectivity index (χ4n) is 3.28. The SMILES string of the molecule is C=C(c1cc2c(c(-c3csc4c(F)cccc34)n1)OC[C@]2(C)C(N)=O)C(F)(F)F. The van der Waals surface area contributed by atoms with E-state index in [0.29, 0.717) is 15.6 Å². The van der Waals surface area contributed by atoms with Crippen LogP contribution < -0.4 is 10.5 Å². The van der Waals surface area contributed by atoms with E-state index in [4.69, 9.17) is 10.5 Å². The van der Waals surface area contributed by atoms with E-state index in [9.17, 15) is 22.4 Å². The number of nitrogens with two attached hydrogens (primary N) is 1. The molecule has 1 aliphatic rings. The number of thiophene rings is 1. The van der Waals surface area contributed by atoms with Crippen molar-refractivity contribution in [2.45, 2.75) is 18.5 Å². The number of nitrogens with zero attached hydrogens (tertiary/aromatic N) is 1. The molecule has 150 valence electrons. The summed E-state index contributed by atoms with van der Waals surface area (Å²) in [6.07, 6.45) is -4.72. The topological polar surface area (TPSA) is 65.2 Å². The fraction of sp³-hybridized carbons (Fsp3) is 0.200. The highest BCUT2D eigenvalue weighted by molar-refractivity contribution is 7.17. The zero-order valence-corrected chi connectivity index (χ0v) is 15.9. The zero-order valence-electron chi connectivity index (χ0n) is 15.1. The van der Waals surface area contributed by atoms with Crippen molar-refractivity contribution in [3.05, 3.63) is 53.3 Å². The number of pyridine rings is 1. The Labute approximate surface area is 166 Å². The van der Waals surface area contributed by atoms with Crippen LogP contribution in [0.3, 0.4) is 0 Å². The molecule has 29 heavy (non-hydrogen) atoms. The Hall–Kier alpha value is -2.94. The Balaban J connectivity index is 2.04. The van der Waals surface area contributed by atoms with Gasteiger partial charge >= 0.3 is 6.18 Å². The van der Waals surface area contributed by atoms with Crippen LogP contribution >= 0.6 is 11.3 Å². The van der Waals surface area contributed by atoms with Crippen molar-refractivity contribution in [2.24, 2.45) is 5.73 Å². The standard InChI is InChI=1S/C20H14F4N2O2S/c1-9(20(22,23)24)14-6-12-16(28-8-19(12,2)18(25)27)15(26-14)11-7-29-17-10(11)4-3-5-13(17)21/h3-7H,1,8H2,2H3,(H2,25,27)/t19-/m0/s1. The van der Waals surface area contributed by atoms with Gasteiger partial charge in [-0.05, 0) is 19.1 Å². The molecule has 2 N–H and O–H groups in total. The molecule has 0 aliphatic carbocycles. The van der Waals surface area contributed by atoms with Crippen molar-refractivity contribution in [3.63, 3.8) is 0 Å². The minimum Gasteiger partial charge on any atom is -0.489 e. The molecule has 1 aliphatic heterocycles. The molecule has 3 aromatic rings. The molecule has 4 nitrogen and oxygen atoms in total. The first-order chi connectivity index (χ1) is 13.5. The van der Waals surface area contributed by atoms with Crippen molar-refractivity contribution in [2.75, 3.05) is 6.61 Å². The Morgan fingerprint density at radius 3 is 2.76 bits per heavy atom. The molecular formula is C20H14F4N2O2S. The molecule has 1 atom stereocenters. The van der Waals surface area contributed by atoms with Gasteiger partial charge in [-0.15, -0.1) is 11.3 Å². The first-order valence-electron chi connectivity index (χ1n) is 8.45. The molecule has 0 bridgehead atoms. The fourth-order valence-corrected chi connectivity index (χ4v) is 4.24. The minimum absolute atomic E-state index is 0.0877. The number of fused-ring (bicyclic) bond motifs is 2. The largest absolute Gasteiger partial charge is 0.489 e. The third-order valence-electron chi connectivity index (χ3n) is 5.07. The number of hydrogen-bond donors (Lipinski definition) is 1. The van der Waals surface area contributed by atoms with E-state index >= 15 is 0 Å². The van der Waals surface area contributed by atoms with Gasteiger partial charge in [0, 0.05) is 21.9 Å². The number of aromatic nitrogens is 1. The molecule has 3 heterocycles. The van der Waals surface area contributed by atoms with Crippen LogP contribution in [0.25, 0.3) is 26.9 Å². The van der Waals surface area contributed by atoms with Crippen LogP contribution in [-0.2, 0) is 10.2 Å². The number of halogens is 4. The summed E-state index contributed by atoms with van der Waals surface area (Å²) in [5, 5.41) is 2.08. The van der Waals surface area contributed by atoms with Crippen molar-refractivity contribution in [3.8, 4) is 17.0 Å². The maximum absolute atomic E-state index is 14.1. The van der Waals surface area contributed by atoms with Gasteiger partial charge in [0.15, 0.2) is 0 Å². The predicted octanol–water partition coefficient (Wildman–Crippen LogP) is 4.81. The molecule has 0 saturated carbocycles. The minimum atomic E-state index is -4.72. The van der Waals surface area contributed by atoms with Crippen LogP contribution in [0.4, 0.5) is 17.6 Å². The highest BCUT2D eigenvalue weighted by Gasteiger charge is 2.45. The van der Waals surface area contributed by atoms with Crippen LogP contribution in [0.5, 0.6) is 5.75 Å². The molecule has 4 rings (SSSR count). The summed E-state index contributed by atoms with van der Waals surface area (Å²) < 4.78 is 60.0. The molecule has 0 spiro atoms. The van der Waals surface area contributed by atoms with E-state index in [2.05, 4.69) is 11.6 Å². The van der Waals surface area contributed by atoms with Gasteiger partial charge in [-0.25, -0.2) is 9.37 Å². The lowest BCUT2D eigenvalue weighted by molar-refractivity contribution is -0.123. The van der Waals surface area contributed by atoms with Gasteiger partial charge in [0.2, 0.25) is 5.91 Å². The van der Waals surface area contributed by atoms with E-state index in [-0.39, 0.29) is 23.6 Å². The summed E-state index contributed by atoms with van der Waals surface area (Å²) in [6, 6.07) is 5.58. The maximum atomic E-state index is 14.1. The number of primary amides is 1. The first kappa shape index (κ1) is 19.4. The molecule has 1 aromatic carbocycles. The number of allylic oxidation sites excluding steroid dienone is 1. The van der Waals surface area contributed by atoms with Gasteiger partial charge in [-0.3, -0.25) is 4.79 Å². The second kappa shape index (κ2) is 6.28. The zero-order chi connectivity index (χ0) is 21.1. The quantitative estimate of drug-likeness (QED) is 0.616. The molecule has 0 radical (unpaired) electrons. The molecule has 2 aromatic heterocycles. The Kier molecular flexibility index (Phi) is 4.20. The van der Waals surface area contributed by atoms with Crippen LogP contribution in [0.15, 0.2) is 36.2 Å². The normalized spacial score (nSPS) is 18.5. The lowest BCUT2D eigenvalue weighted by atomic mass is 9.83. The lowest BCUT2D eigenvalue weighted by Crippen LogP contribution is -2.39. The second-order valence-electron chi connectivity index (χ2n) is 6.96. The van der Waals surface area contributed by atoms with Crippen LogP contribution in [0.2, 0.25) is 0 Å². The average molecular weight is 422 g/mol. The van der Waals surface area contributed by atoms with Gasteiger partial charge in [-0.1, -0.05) is 18.7 Å². The maximum Gasteiger partial charge on any atom is 0.417 e. The third kappa shape index (κ3) is 2.88. The van der Waals surface area contributed by atoms with Gasteiger partial charge in [0.25, 0.3) is 0 Å². The van der Waals surface area contributed by atoms with Crippen LogP contribution in [0.1, 0.15) is 18.2 Å². The number of alkyl halides is 3. The average Bonchev–Trinajstić information content (AvgIpc) is 3.23. The molecule has 0 saturated heterocycles. The van der Waals surface area contributed by atoms with E-state index < -0.39 is 34.6 Å². The van der Waals surface area contributed by atoms with E-state index in [1.54, 1.807) is 11.4 Å². The van der Waals surface area contributed by atoms with Gasteiger partial charge < -0.3 is 10.5 Å². The van der Waals surface area contributed by atoms with Crippen molar-refractivity contribution in [1.29, 1.82) is 0 Å². The van der Waals surface area contributed by atoms with Gasteiger partial charge in [0.05, 0.1) is 16.0 Å². The summed E-state index contributed by atoms with van der Waals surface area (Å²) in [6.45, 7) is 4.47. The molecular weight excluding hydrogens is 408 g/mol. The van der Waals surface area contributed by atoms with E-state index in [1.165, 1.54) is 19.1 Å². The predicted molar refractivity (Wildman–Crippen MR) is 102 cm³/mol. The number of carbonyl (C=O) groups excluding carboxylic acids is 1. The number of rotatable bonds is 3. The van der Waals surface area contributed by atoms with Crippen molar-refractivity contribution < 1.29 is 27.1 Å². The van der Waals surface area contributed by atoms with Gasteiger partial charge in [0.1, 0.15) is 29.3 Å². The summed E-state index contributed by atoms with van der Waals surface area (Å²) in [4.78, 5) is 16.2. The number of amides is 1. The summed E-state index contributed by atoms with van der Waals surface area (Å²) in [7, 11) is 0. The number of carbonyl (C=O) groups is 1. The highest BCUT2D eigenvalue weighted by Crippen LogP contribution is 2.48. The van der Waals surface area contributed by atoms with Crippen LogP contribution in [0, 0.1) is 5.82 Å². The highest BCUT2D eigenvalue weighted by atomic mass is 32.1. The summed E-state index contributed by atoms with van der Waals surface area (Å²) in [5.74, 6) is -1.03. The smallest absolute Gasteiger partial charge is 0.417 e. The van der Waals surface area contributed by atoms with Crippen molar-refractivity contribution >= 4 is 32.9 Å². The van der Waals surface area contributed by atoms with Gasteiger partial charge in [-0.2, -0.15) is 13.2 Å².